The maximum atomic E-state index is 13.1. The maximum Gasteiger partial charge on any atom is 0.264 e. The van der Waals surface area contributed by atoms with Crippen LogP contribution in [0.1, 0.15) is 5.56 Å². The lowest BCUT2D eigenvalue weighted by Gasteiger charge is -2.20. The fraction of sp³-hybridized carbons (Fsp3) is 0.100. The van der Waals surface area contributed by atoms with Crippen LogP contribution in [0.4, 0.5) is 11.4 Å². The summed E-state index contributed by atoms with van der Waals surface area (Å²) >= 11 is 17.8. The van der Waals surface area contributed by atoms with Crippen LogP contribution in [0.5, 0.6) is 0 Å². The minimum absolute atomic E-state index is 0.0185. The number of anilines is 2. The van der Waals surface area contributed by atoms with Gasteiger partial charge in [-0.2, -0.15) is 0 Å². The Kier molecular flexibility index (Phi) is 5.87. The highest BCUT2D eigenvalue weighted by molar-refractivity contribution is 7.93. The molecule has 1 aliphatic rings. The van der Waals surface area contributed by atoms with E-state index in [4.69, 9.17) is 34.8 Å². The van der Waals surface area contributed by atoms with Crippen LogP contribution in [0.15, 0.2) is 70.5 Å². The van der Waals surface area contributed by atoms with E-state index in [0.29, 0.717) is 17.1 Å². The molecule has 4 rings (SSSR count). The number of hydrogen-bond donors (Lipinski definition) is 1. The van der Waals surface area contributed by atoms with Crippen molar-refractivity contribution in [1.29, 1.82) is 0 Å². The highest BCUT2D eigenvalue weighted by Gasteiger charge is 2.31. The van der Waals surface area contributed by atoms with Gasteiger partial charge >= 0.3 is 0 Å². The molecule has 1 aliphatic heterocycles. The van der Waals surface area contributed by atoms with Gasteiger partial charge in [0.25, 0.3) is 20.0 Å². The van der Waals surface area contributed by atoms with Crippen LogP contribution in [-0.2, 0) is 26.5 Å². The van der Waals surface area contributed by atoms with E-state index in [-0.39, 0.29) is 32.1 Å². The molecule has 0 atom stereocenters. The van der Waals surface area contributed by atoms with Crippen molar-refractivity contribution in [2.75, 3.05) is 15.6 Å². The predicted molar refractivity (Wildman–Crippen MR) is 123 cm³/mol. The topological polar surface area (TPSA) is 83.6 Å². The molecule has 0 saturated heterocycles. The third kappa shape index (κ3) is 4.36. The molecule has 0 unspecified atom stereocenters. The molecule has 1 N–H and O–H groups in total. The zero-order valence-corrected chi connectivity index (χ0v) is 19.6. The van der Waals surface area contributed by atoms with E-state index in [1.165, 1.54) is 52.8 Å². The molecule has 0 aliphatic carbocycles. The quantitative estimate of drug-likeness (QED) is 0.504. The van der Waals surface area contributed by atoms with Crippen molar-refractivity contribution in [3.05, 3.63) is 81.3 Å². The summed E-state index contributed by atoms with van der Waals surface area (Å²) in [6, 6.07) is 14.8. The summed E-state index contributed by atoms with van der Waals surface area (Å²) in [6.45, 7) is 0.247. The summed E-state index contributed by atoms with van der Waals surface area (Å²) in [4.78, 5) is -0.0748. The normalized spacial score (nSPS) is 13.8. The van der Waals surface area contributed by atoms with Crippen molar-refractivity contribution in [3.63, 3.8) is 0 Å². The number of hydrogen-bond acceptors (Lipinski definition) is 4. The van der Waals surface area contributed by atoms with E-state index in [2.05, 4.69) is 4.72 Å². The zero-order valence-electron chi connectivity index (χ0n) is 15.7. The van der Waals surface area contributed by atoms with E-state index in [0.717, 1.165) is 5.56 Å². The summed E-state index contributed by atoms with van der Waals surface area (Å²) in [5.74, 6) is 0. The molecule has 0 amide bonds. The van der Waals surface area contributed by atoms with Crippen LogP contribution in [-0.4, -0.2) is 23.4 Å². The van der Waals surface area contributed by atoms with Gasteiger partial charge in [0.1, 0.15) is 4.90 Å². The Morgan fingerprint density at radius 3 is 2.19 bits per heavy atom. The van der Waals surface area contributed by atoms with E-state index in [1.54, 1.807) is 12.1 Å². The molecule has 11 heteroatoms. The highest BCUT2D eigenvalue weighted by atomic mass is 35.5. The summed E-state index contributed by atoms with van der Waals surface area (Å²) in [7, 11) is -7.88. The Balaban J connectivity index is 1.69. The van der Waals surface area contributed by atoms with E-state index < -0.39 is 20.0 Å². The minimum atomic E-state index is -4.04. The molecule has 162 valence electrons. The SMILES string of the molecule is O=S(=O)(Nc1ccc2c(c1)N(S(=O)(=O)c1ccc(Cl)cc1)CC2)c1cc(Cl)ccc1Cl. The Hall–Kier alpha value is -1.97. The average molecular weight is 518 g/mol. The van der Waals surface area contributed by atoms with Crippen LogP contribution in [0.25, 0.3) is 0 Å². The molecular formula is C20H15Cl3N2O4S2. The monoisotopic (exact) mass is 516 g/mol. The second-order valence-corrected chi connectivity index (χ2v) is 11.6. The number of fused-ring (bicyclic) bond motifs is 1. The van der Waals surface area contributed by atoms with Crippen LogP contribution in [0, 0.1) is 0 Å². The van der Waals surface area contributed by atoms with Gasteiger partial charge in [-0.25, -0.2) is 16.8 Å². The van der Waals surface area contributed by atoms with E-state index in [9.17, 15) is 16.8 Å². The first-order valence-electron chi connectivity index (χ1n) is 8.97. The second-order valence-electron chi connectivity index (χ2n) is 6.80. The maximum absolute atomic E-state index is 13.1. The highest BCUT2D eigenvalue weighted by Crippen LogP contribution is 2.36. The third-order valence-corrected chi connectivity index (χ3v) is 8.95. The molecule has 0 aromatic heterocycles. The second kappa shape index (κ2) is 8.18. The molecule has 6 nitrogen and oxygen atoms in total. The first kappa shape index (κ1) is 22.2. The van der Waals surface area contributed by atoms with Crippen LogP contribution in [0.3, 0.4) is 0 Å². The minimum Gasteiger partial charge on any atom is -0.280 e. The number of rotatable bonds is 5. The van der Waals surface area contributed by atoms with Gasteiger partial charge in [0.05, 0.1) is 21.3 Å². The first-order chi connectivity index (χ1) is 14.6. The number of nitrogens with one attached hydrogen (secondary N) is 1. The van der Waals surface area contributed by atoms with Gasteiger partial charge in [0.2, 0.25) is 0 Å². The van der Waals surface area contributed by atoms with Gasteiger partial charge in [-0.05, 0) is 66.6 Å². The van der Waals surface area contributed by atoms with E-state index in [1.807, 2.05) is 0 Å². The van der Waals surface area contributed by atoms with Crippen LogP contribution < -0.4 is 9.03 Å². The first-order valence-corrected chi connectivity index (χ1v) is 13.0. The molecule has 0 radical (unpaired) electrons. The van der Waals surface area contributed by atoms with Crippen molar-refractivity contribution < 1.29 is 16.8 Å². The number of halogens is 3. The lowest BCUT2D eigenvalue weighted by atomic mass is 10.1. The summed E-state index contributed by atoms with van der Waals surface area (Å²) < 4.78 is 55.6. The Bertz CT molecular complexity index is 1380. The van der Waals surface area contributed by atoms with Gasteiger partial charge < -0.3 is 0 Å². The zero-order chi connectivity index (χ0) is 22.4. The summed E-state index contributed by atoms with van der Waals surface area (Å²) in [5.41, 5.74) is 1.40. The molecule has 0 bridgehead atoms. The fourth-order valence-corrected chi connectivity index (χ4v) is 6.72. The molecule has 3 aromatic carbocycles. The average Bonchev–Trinajstić information content (AvgIpc) is 3.14. The molecule has 31 heavy (non-hydrogen) atoms. The Morgan fingerprint density at radius 2 is 1.48 bits per heavy atom. The molecule has 1 heterocycles. The molecule has 3 aromatic rings. The summed E-state index contributed by atoms with van der Waals surface area (Å²) in [5, 5.41) is 0.668. The van der Waals surface area contributed by atoms with Gasteiger partial charge in [-0.1, -0.05) is 40.9 Å². The van der Waals surface area contributed by atoms with Gasteiger partial charge in [0, 0.05) is 16.6 Å². The molecule has 0 saturated carbocycles. The molecular weight excluding hydrogens is 503 g/mol. The van der Waals surface area contributed by atoms with Crippen molar-refractivity contribution in [2.45, 2.75) is 16.2 Å². The molecule has 0 spiro atoms. The van der Waals surface area contributed by atoms with Gasteiger partial charge in [0.15, 0.2) is 0 Å². The smallest absolute Gasteiger partial charge is 0.264 e. The van der Waals surface area contributed by atoms with Gasteiger partial charge in [-0.3, -0.25) is 9.03 Å². The third-order valence-electron chi connectivity index (χ3n) is 4.77. The van der Waals surface area contributed by atoms with Gasteiger partial charge in [-0.15, -0.1) is 0 Å². The van der Waals surface area contributed by atoms with Crippen molar-refractivity contribution >= 4 is 66.2 Å². The lowest BCUT2D eigenvalue weighted by molar-refractivity contribution is 0.592. The van der Waals surface area contributed by atoms with Crippen molar-refractivity contribution in [2.24, 2.45) is 0 Å². The fourth-order valence-electron chi connectivity index (χ4n) is 3.29. The lowest BCUT2D eigenvalue weighted by Crippen LogP contribution is -2.29. The van der Waals surface area contributed by atoms with Crippen molar-refractivity contribution in [1.82, 2.24) is 0 Å². The van der Waals surface area contributed by atoms with Crippen LogP contribution >= 0.6 is 34.8 Å². The number of sulfonamides is 2. The largest absolute Gasteiger partial charge is 0.280 e. The Labute approximate surface area is 195 Å². The number of nitrogens with zero attached hydrogens (tertiary/aromatic N) is 1. The van der Waals surface area contributed by atoms with E-state index >= 15 is 0 Å². The summed E-state index contributed by atoms with van der Waals surface area (Å²) in [6.07, 6.45) is 0.509. The molecule has 0 fully saturated rings. The predicted octanol–water partition coefficient (Wildman–Crippen LogP) is 5.20. The van der Waals surface area contributed by atoms with Crippen molar-refractivity contribution in [3.8, 4) is 0 Å². The number of benzene rings is 3. The Morgan fingerprint density at radius 1 is 0.806 bits per heavy atom. The standard InChI is InChI=1S/C20H15Cl3N2O4S2/c21-14-2-6-17(7-3-14)31(28,29)25-10-9-13-1-5-16(12-19(13)25)24-30(26,27)20-11-15(22)4-8-18(20)23/h1-8,11-12,24H,9-10H2. The van der Waals surface area contributed by atoms with Crippen LogP contribution in [0.2, 0.25) is 15.1 Å².